The number of Topliss-reactive ketones (excluding diaryl/α,β-unsaturated/α-hetero) is 1. The van der Waals surface area contributed by atoms with E-state index in [-0.39, 0.29) is 18.6 Å². The molecule has 1 aromatic heterocycles. The lowest BCUT2D eigenvalue weighted by Crippen LogP contribution is -2.79. The first-order valence-electron chi connectivity index (χ1n) is 10.7. The number of ketones is 1. The van der Waals surface area contributed by atoms with E-state index in [1.807, 2.05) is 13.8 Å². The highest BCUT2D eigenvalue weighted by atomic mass is 16.6. The Bertz CT molecular complexity index is 932. The number of fused-ring (bicyclic) bond motifs is 4. The van der Waals surface area contributed by atoms with E-state index in [1.165, 1.54) is 20.3 Å². The van der Waals surface area contributed by atoms with E-state index in [1.54, 1.807) is 13.0 Å². The third kappa shape index (κ3) is 2.64. The molecule has 2 saturated carbocycles. The summed E-state index contributed by atoms with van der Waals surface area (Å²) < 4.78 is 16.2. The van der Waals surface area contributed by atoms with Crippen molar-refractivity contribution in [2.24, 2.45) is 22.7 Å². The largest absolute Gasteiger partial charge is 0.469 e. The van der Waals surface area contributed by atoms with Crippen LogP contribution in [0.25, 0.3) is 0 Å². The van der Waals surface area contributed by atoms with Gasteiger partial charge in [-0.25, -0.2) is 0 Å². The summed E-state index contributed by atoms with van der Waals surface area (Å²) in [6.45, 7) is 6.52. The molecule has 0 aromatic carbocycles. The lowest BCUT2D eigenvalue weighted by Gasteiger charge is -2.67. The number of hydrogen-bond acceptors (Lipinski definition) is 8. The van der Waals surface area contributed by atoms with Crippen molar-refractivity contribution in [2.75, 3.05) is 7.11 Å². The van der Waals surface area contributed by atoms with Crippen LogP contribution in [0.15, 0.2) is 16.7 Å². The van der Waals surface area contributed by atoms with Crippen LogP contribution in [0, 0.1) is 22.7 Å². The molecule has 170 valence electrons. The number of ether oxygens (including phenoxy) is 2. The molecule has 8 heteroatoms. The third-order valence-electron chi connectivity index (χ3n) is 8.36. The molecule has 0 bridgehead atoms. The molecule has 2 fully saturated rings. The fraction of sp³-hybridized carbons (Fsp3) is 0.696. The van der Waals surface area contributed by atoms with Gasteiger partial charge in [-0.1, -0.05) is 13.8 Å². The summed E-state index contributed by atoms with van der Waals surface area (Å²) in [6, 6.07) is 1.66. The Morgan fingerprint density at radius 1 is 1.26 bits per heavy atom. The summed E-state index contributed by atoms with van der Waals surface area (Å²) in [4.78, 5) is 38.4. The second-order valence-corrected chi connectivity index (χ2v) is 9.98. The van der Waals surface area contributed by atoms with Crippen molar-refractivity contribution in [3.8, 4) is 0 Å². The minimum absolute atomic E-state index is 0.174. The molecule has 0 amide bonds. The SMILES string of the molecule is COC(=O)C1c2ccoc2CC2C1C(O)C(OC(C)=O)C1(O)C(C)(C)CCC(=O)C21C. The highest BCUT2D eigenvalue weighted by Gasteiger charge is 2.76. The predicted octanol–water partition coefficient (Wildman–Crippen LogP) is 1.76. The highest BCUT2D eigenvalue weighted by molar-refractivity contribution is 5.89. The van der Waals surface area contributed by atoms with Crippen molar-refractivity contribution < 1.29 is 38.5 Å². The third-order valence-corrected chi connectivity index (χ3v) is 8.36. The number of methoxy groups -OCH3 is 1. The van der Waals surface area contributed by atoms with Crippen LogP contribution in [0.5, 0.6) is 0 Å². The molecule has 3 aliphatic rings. The van der Waals surface area contributed by atoms with E-state index in [2.05, 4.69) is 0 Å². The zero-order chi connectivity index (χ0) is 22.9. The summed E-state index contributed by atoms with van der Waals surface area (Å²) in [6.07, 6.45) is -0.404. The molecule has 0 radical (unpaired) electrons. The Hall–Kier alpha value is -2.19. The minimum Gasteiger partial charge on any atom is -0.469 e. The van der Waals surface area contributed by atoms with Gasteiger partial charge in [-0.3, -0.25) is 14.4 Å². The first-order chi connectivity index (χ1) is 14.4. The van der Waals surface area contributed by atoms with Crippen LogP contribution in [-0.2, 0) is 30.3 Å². The molecule has 7 atom stereocenters. The van der Waals surface area contributed by atoms with Crippen LogP contribution in [0.1, 0.15) is 57.8 Å². The number of aliphatic hydroxyl groups is 2. The number of carbonyl (C=O) groups excluding carboxylic acids is 3. The Kier molecular flexibility index (Phi) is 4.90. The second-order valence-electron chi connectivity index (χ2n) is 9.98. The van der Waals surface area contributed by atoms with Crippen molar-refractivity contribution in [3.63, 3.8) is 0 Å². The predicted molar refractivity (Wildman–Crippen MR) is 107 cm³/mol. The fourth-order valence-electron chi connectivity index (χ4n) is 6.75. The Labute approximate surface area is 180 Å². The Morgan fingerprint density at radius 2 is 1.94 bits per heavy atom. The van der Waals surface area contributed by atoms with Gasteiger partial charge in [-0.2, -0.15) is 0 Å². The molecular weight excluding hydrogens is 404 g/mol. The topological polar surface area (TPSA) is 123 Å². The van der Waals surface area contributed by atoms with E-state index in [0.717, 1.165) is 0 Å². The molecule has 0 saturated heterocycles. The summed E-state index contributed by atoms with van der Waals surface area (Å²) in [5.41, 5.74) is -3.47. The van der Waals surface area contributed by atoms with Crippen LogP contribution in [0.2, 0.25) is 0 Å². The molecular formula is C23H30O8. The van der Waals surface area contributed by atoms with E-state index in [9.17, 15) is 24.6 Å². The van der Waals surface area contributed by atoms with Crippen molar-refractivity contribution in [2.45, 2.75) is 70.7 Å². The van der Waals surface area contributed by atoms with E-state index in [4.69, 9.17) is 13.9 Å². The van der Waals surface area contributed by atoms with Gasteiger partial charge in [-0.15, -0.1) is 0 Å². The zero-order valence-corrected chi connectivity index (χ0v) is 18.5. The molecule has 0 spiro atoms. The van der Waals surface area contributed by atoms with Crippen molar-refractivity contribution in [1.29, 1.82) is 0 Å². The maximum Gasteiger partial charge on any atom is 0.313 e. The monoisotopic (exact) mass is 434 g/mol. The molecule has 8 nitrogen and oxygen atoms in total. The lowest BCUT2D eigenvalue weighted by molar-refractivity contribution is -0.301. The molecule has 31 heavy (non-hydrogen) atoms. The first kappa shape index (κ1) is 22.0. The Balaban J connectivity index is 1.99. The molecule has 0 aliphatic heterocycles. The van der Waals surface area contributed by atoms with Crippen molar-refractivity contribution >= 4 is 17.7 Å². The van der Waals surface area contributed by atoms with Gasteiger partial charge in [0.15, 0.2) is 6.10 Å². The van der Waals surface area contributed by atoms with E-state index >= 15 is 0 Å². The normalized spacial score (nSPS) is 40.9. The van der Waals surface area contributed by atoms with Crippen LogP contribution < -0.4 is 0 Å². The molecule has 4 rings (SSSR count). The van der Waals surface area contributed by atoms with Crippen molar-refractivity contribution in [3.05, 3.63) is 23.7 Å². The van der Waals surface area contributed by atoms with Gasteiger partial charge in [0.2, 0.25) is 0 Å². The van der Waals surface area contributed by atoms with Crippen LogP contribution in [0.4, 0.5) is 0 Å². The zero-order valence-electron chi connectivity index (χ0n) is 18.5. The fourth-order valence-corrected chi connectivity index (χ4v) is 6.75. The van der Waals surface area contributed by atoms with E-state index in [0.29, 0.717) is 17.7 Å². The van der Waals surface area contributed by atoms with Crippen LogP contribution >= 0.6 is 0 Å². The maximum absolute atomic E-state index is 13.5. The van der Waals surface area contributed by atoms with Crippen LogP contribution in [-0.4, -0.2) is 52.9 Å². The molecule has 3 aliphatic carbocycles. The number of aliphatic hydroxyl groups excluding tert-OH is 1. The van der Waals surface area contributed by atoms with Gasteiger partial charge in [0.25, 0.3) is 0 Å². The quantitative estimate of drug-likeness (QED) is 0.675. The molecule has 1 aromatic rings. The Morgan fingerprint density at radius 3 is 2.55 bits per heavy atom. The van der Waals surface area contributed by atoms with Crippen LogP contribution in [0.3, 0.4) is 0 Å². The summed E-state index contributed by atoms with van der Waals surface area (Å²) in [7, 11) is 1.26. The summed E-state index contributed by atoms with van der Waals surface area (Å²) >= 11 is 0. The van der Waals surface area contributed by atoms with Gasteiger partial charge in [-0.05, 0) is 30.7 Å². The average Bonchev–Trinajstić information content (AvgIpc) is 3.18. The lowest BCUT2D eigenvalue weighted by atomic mass is 9.39. The van der Waals surface area contributed by atoms with Gasteiger partial charge in [0.05, 0.1) is 30.8 Å². The van der Waals surface area contributed by atoms with Crippen molar-refractivity contribution in [1.82, 2.24) is 0 Å². The van der Waals surface area contributed by atoms with Gasteiger partial charge in [0.1, 0.15) is 17.1 Å². The average molecular weight is 434 g/mol. The molecule has 7 unspecified atom stereocenters. The standard InChI is InChI=1S/C23H30O8/c1-11(24)31-19-18(26)17-13(10-14-12(7-9-30-14)16(17)20(27)29-5)22(4)15(25)6-8-21(2,3)23(19,22)28/h7,9,13,16-19,26,28H,6,8,10H2,1-5H3. The summed E-state index contributed by atoms with van der Waals surface area (Å²) in [5.74, 6) is -3.22. The number of esters is 2. The van der Waals surface area contributed by atoms with E-state index < -0.39 is 58.3 Å². The van der Waals surface area contributed by atoms with Gasteiger partial charge >= 0.3 is 11.9 Å². The maximum atomic E-state index is 13.5. The summed E-state index contributed by atoms with van der Waals surface area (Å²) in [5, 5.41) is 23.8. The molecule has 2 N–H and O–H groups in total. The highest BCUT2D eigenvalue weighted by Crippen LogP contribution is 2.66. The second kappa shape index (κ2) is 6.90. The molecule has 1 heterocycles. The smallest absolute Gasteiger partial charge is 0.313 e. The number of carbonyl (C=O) groups is 3. The van der Waals surface area contributed by atoms with Gasteiger partial charge in [0, 0.05) is 31.2 Å². The number of furan rings is 1. The first-order valence-corrected chi connectivity index (χ1v) is 10.7. The number of hydrogen-bond donors (Lipinski definition) is 2. The minimum atomic E-state index is -1.84. The number of rotatable bonds is 2. The van der Waals surface area contributed by atoms with Gasteiger partial charge < -0.3 is 24.1 Å².